The van der Waals surface area contributed by atoms with E-state index in [-0.39, 0.29) is 0 Å². The van der Waals surface area contributed by atoms with Crippen LogP contribution in [0, 0.1) is 6.92 Å². The second-order valence-corrected chi connectivity index (χ2v) is 5.38. The third kappa shape index (κ3) is 4.41. The zero-order valence-electron chi connectivity index (χ0n) is 11.3. The molecule has 2 rings (SSSR count). The molecule has 0 aliphatic carbocycles. The Morgan fingerprint density at radius 1 is 1.11 bits per heavy atom. The summed E-state index contributed by atoms with van der Waals surface area (Å²) in [6.07, 6.45) is 0. The molecule has 0 aliphatic heterocycles. The summed E-state index contributed by atoms with van der Waals surface area (Å²) >= 11 is 1.75. The molecule has 0 unspecified atom stereocenters. The Labute approximate surface area is 118 Å². The van der Waals surface area contributed by atoms with E-state index in [1.54, 1.807) is 18.4 Å². The minimum absolute atomic E-state index is 0.782. The second-order valence-electron chi connectivity index (χ2n) is 4.34. The fourth-order valence-electron chi connectivity index (χ4n) is 1.70. The number of benzene rings is 1. The zero-order chi connectivity index (χ0) is 13.5. The van der Waals surface area contributed by atoms with Crippen LogP contribution in [0.1, 0.15) is 16.0 Å². The molecule has 1 aromatic heterocycles. The summed E-state index contributed by atoms with van der Waals surface area (Å²) in [6.45, 7) is 3.69. The minimum Gasteiger partial charge on any atom is -0.352 e. The summed E-state index contributed by atoms with van der Waals surface area (Å²) in [5, 5.41) is 8.70. The van der Waals surface area contributed by atoms with Crippen molar-refractivity contribution in [1.82, 2.24) is 10.6 Å². The van der Waals surface area contributed by atoms with Gasteiger partial charge in [-0.05, 0) is 23.9 Å². The molecule has 4 heteroatoms. The molecular weight excluding hydrogens is 254 g/mol. The molecule has 1 heterocycles. The first-order chi connectivity index (χ1) is 9.28. The first-order valence-electron chi connectivity index (χ1n) is 6.30. The van der Waals surface area contributed by atoms with Crippen LogP contribution < -0.4 is 10.6 Å². The predicted octanol–water partition coefficient (Wildman–Crippen LogP) is 2.92. The molecule has 0 bridgehead atoms. The van der Waals surface area contributed by atoms with Crippen LogP contribution in [0.5, 0.6) is 0 Å². The molecule has 100 valence electrons. The van der Waals surface area contributed by atoms with Crippen LogP contribution in [0.4, 0.5) is 0 Å². The average molecular weight is 273 g/mol. The number of hydrogen-bond donors (Lipinski definition) is 2. The van der Waals surface area contributed by atoms with Gasteiger partial charge in [0.25, 0.3) is 0 Å². The van der Waals surface area contributed by atoms with Crippen LogP contribution in [-0.4, -0.2) is 13.0 Å². The summed E-state index contributed by atoms with van der Waals surface area (Å²) in [7, 11) is 1.79. The van der Waals surface area contributed by atoms with Gasteiger partial charge in [-0.25, -0.2) is 0 Å². The highest BCUT2D eigenvalue weighted by molar-refractivity contribution is 7.09. The fourth-order valence-corrected chi connectivity index (χ4v) is 2.34. The Balaban J connectivity index is 1.81. The summed E-state index contributed by atoms with van der Waals surface area (Å²) in [5.41, 5.74) is 2.54. The molecule has 1 aromatic carbocycles. The van der Waals surface area contributed by atoms with Gasteiger partial charge in [-0.1, -0.05) is 35.9 Å². The maximum atomic E-state index is 4.22. The first kappa shape index (κ1) is 13.6. The molecule has 0 radical (unpaired) electrons. The topological polar surface area (TPSA) is 36.4 Å². The van der Waals surface area contributed by atoms with Crippen LogP contribution in [0.2, 0.25) is 0 Å². The number of rotatable bonds is 4. The van der Waals surface area contributed by atoms with Crippen LogP contribution in [0.15, 0.2) is 46.8 Å². The van der Waals surface area contributed by atoms with E-state index in [1.807, 2.05) is 0 Å². The van der Waals surface area contributed by atoms with Gasteiger partial charge in [0, 0.05) is 18.5 Å². The number of nitrogens with zero attached hydrogens (tertiary/aromatic N) is 1. The molecule has 19 heavy (non-hydrogen) atoms. The summed E-state index contributed by atoms with van der Waals surface area (Å²) in [5.74, 6) is 0.828. The van der Waals surface area contributed by atoms with E-state index in [1.165, 1.54) is 16.0 Å². The van der Waals surface area contributed by atoms with Crippen molar-refractivity contribution in [3.05, 3.63) is 57.8 Å². The number of guanidine groups is 1. The van der Waals surface area contributed by atoms with Crippen LogP contribution >= 0.6 is 11.3 Å². The lowest BCUT2D eigenvalue weighted by atomic mass is 10.1. The van der Waals surface area contributed by atoms with Gasteiger partial charge in [-0.2, -0.15) is 0 Å². The highest BCUT2D eigenvalue weighted by Crippen LogP contribution is 2.07. The Kier molecular flexibility index (Phi) is 4.98. The lowest BCUT2D eigenvalue weighted by Gasteiger charge is -2.11. The van der Waals surface area contributed by atoms with Crippen molar-refractivity contribution in [2.45, 2.75) is 20.0 Å². The van der Waals surface area contributed by atoms with Gasteiger partial charge < -0.3 is 10.6 Å². The number of aryl methyl sites for hydroxylation is 1. The van der Waals surface area contributed by atoms with Gasteiger partial charge in [0.1, 0.15) is 0 Å². The average Bonchev–Trinajstić information content (AvgIpc) is 2.94. The molecule has 2 aromatic rings. The van der Waals surface area contributed by atoms with E-state index in [0.717, 1.165) is 19.0 Å². The molecule has 2 N–H and O–H groups in total. The first-order valence-corrected chi connectivity index (χ1v) is 7.18. The Morgan fingerprint density at radius 3 is 2.47 bits per heavy atom. The maximum Gasteiger partial charge on any atom is 0.191 e. The van der Waals surface area contributed by atoms with E-state index >= 15 is 0 Å². The van der Waals surface area contributed by atoms with Crippen LogP contribution in [0.25, 0.3) is 0 Å². The summed E-state index contributed by atoms with van der Waals surface area (Å²) in [6, 6.07) is 12.7. The molecule has 0 atom stereocenters. The summed E-state index contributed by atoms with van der Waals surface area (Å²) in [4.78, 5) is 5.52. The van der Waals surface area contributed by atoms with Crippen molar-refractivity contribution in [3.63, 3.8) is 0 Å². The lowest BCUT2D eigenvalue weighted by molar-refractivity contribution is 0.815. The van der Waals surface area contributed by atoms with E-state index in [4.69, 9.17) is 0 Å². The molecule has 0 spiro atoms. The van der Waals surface area contributed by atoms with Crippen molar-refractivity contribution in [1.29, 1.82) is 0 Å². The number of aliphatic imine (C=N–C) groups is 1. The van der Waals surface area contributed by atoms with Crippen molar-refractivity contribution < 1.29 is 0 Å². The molecular formula is C15H19N3S. The normalized spacial score (nSPS) is 11.4. The zero-order valence-corrected chi connectivity index (χ0v) is 12.1. The molecule has 0 amide bonds. The monoisotopic (exact) mass is 273 g/mol. The van der Waals surface area contributed by atoms with Crippen molar-refractivity contribution >= 4 is 17.3 Å². The third-order valence-electron chi connectivity index (χ3n) is 2.81. The maximum absolute atomic E-state index is 4.22. The minimum atomic E-state index is 0.782. The van der Waals surface area contributed by atoms with E-state index in [2.05, 4.69) is 64.3 Å². The van der Waals surface area contributed by atoms with Crippen molar-refractivity contribution in [2.24, 2.45) is 4.99 Å². The lowest BCUT2D eigenvalue weighted by Crippen LogP contribution is -2.36. The molecule has 0 saturated heterocycles. The second kappa shape index (κ2) is 6.95. The number of thiophene rings is 1. The molecule has 0 fully saturated rings. The Hall–Kier alpha value is -1.81. The predicted molar refractivity (Wildman–Crippen MR) is 82.5 cm³/mol. The van der Waals surface area contributed by atoms with Gasteiger partial charge in [0.15, 0.2) is 5.96 Å². The highest BCUT2D eigenvalue weighted by atomic mass is 32.1. The van der Waals surface area contributed by atoms with Gasteiger partial charge in [-0.3, -0.25) is 4.99 Å². The highest BCUT2D eigenvalue weighted by Gasteiger charge is 1.99. The van der Waals surface area contributed by atoms with Gasteiger partial charge in [0.05, 0.1) is 6.54 Å². The standard InChI is InChI=1S/C15H19N3S/c1-12-5-7-13(8-6-12)10-17-15(16-2)18-11-14-4-3-9-19-14/h3-9H,10-11H2,1-2H3,(H2,16,17,18). The summed E-state index contributed by atoms with van der Waals surface area (Å²) < 4.78 is 0. The van der Waals surface area contributed by atoms with Gasteiger partial charge in [0.2, 0.25) is 0 Å². The number of nitrogens with one attached hydrogen (secondary N) is 2. The van der Waals surface area contributed by atoms with E-state index in [9.17, 15) is 0 Å². The van der Waals surface area contributed by atoms with Crippen molar-refractivity contribution in [3.8, 4) is 0 Å². The molecule has 3 nitrogen and oxygen atoms in total. The number of hydrogen-bond acceptors (Lipinski definition) is 2. The Bertz CT molecular complexity index is 515. The smallest absolute Gasteiger partial charge is 0.191 e. The van der Waals surface area contributed by atoms with Crippen molar-refractivity contribution in [2.75, 3.05) is 7.05 Å². The van der Waals surface area contributed by atoms with E-state index in [0.29, 0.717) is 0 Å². The van der Waals surface area contributed by atoms with Gasteiger partial charge in [-0.15, -0.1) is 11.3 Å². The molecule has 0 aliphatic rings. The third-order valence-corrected chi connectivity index (χ3v) is 3.69. The SMILES string of the molecule is CN=C(NCc1ccc(C)cc1)NCc1cccs1. The largest absolute Gasteiger partial charge is 0.352 e. The van der Waals surface area contributed by atoms with Crippen LogP contribution in [-0.2, 0) is 13.1 Å². The van der Waals surface area contributed by atoms with Gasteiger partial charge >= 0.3 is 0 Å². The quantitative estimate of drug-likeness (QED) is 0.664. The Morgan fingerprint density at radius 2 is 1.84 bits per heavy atom. The molecule has 0 saturated carbocycles. The fraction of sp³-hybridized carbons (Fsp3) is 0.267. The van der Waals surface area contributed by atoms with Crippen LogP contribution in [0.3, 0.4) is 0 Å². The van der Waals surface area contributed by atoms with E-state index < -0.39 is 0 Å².